The fraction of sp³-hybridized carbons (Fsp3) is 0.429. The van der Waals surface area contributed by atoms with Gasteiger partial charge in [0.05, 0.1) is 12.4 Å². The maximum Gasteiger partial charge on any atom is 0.328 e. The number of nitrogens with one attached hydrogen (secondary N) is 1. The highest BCUT2D eigenvalue weighted by atomic mass is 32.2. The highest BCUT2D eigenvalue weighted by molar-refractivity contribution is 7.85. The van der Waals surface area contributed by atoms with E-state index in [0.29, 0.717) is 5.56 Å². The molecule has 2 atom stereocenters. The summed E-state index contributed by atoms with van der Waals surface area (Å²) >= 11 is 0. The van der Waals surface area contributed by atoms with Gasteiger partial charge in [0.2, 0.25) is 5.91 Å². The van der Waals surface area contributed by atoms with Crippen molar-refractivity contribution in [3.8, 4) is 0 Å². The molecule has 0 saturated carbocycles. The minimum absolute atomic E-state index is 0.0712. The normalized spacial score (nSPS) is 13.9. The molecule has 0 aliphatic rings. The van der Waals surface area contributed by atoms with Gasteiger partial charge in [0, 0.05) is 0 Å². The van der Waals surface area contributed by atoms with E-state index < -0.39 is 39.8 Å². The number of carbonyl (C=O) groups excluding carboxylic acids is 2. The Hall–Kier alpha value is -1.97. The van der Waals surface area contributed by atoms with Crippen molar-refractivity contribution >= 4 is 22.0 Å². The van der Waals surface area contributed by atoms with Crippen molar-refractivity contribution < 1.29 is 27.3 Å². The molecule has 1 amide bonds. The summed E-state index contributed by atoms with van der Waals surface area (Å²) in [5.74, 6) is -2.12. The lowest BCUT2D eigenvalue weighted by Gasteiger charge is -2.19. The van der Waals surface area contributed by atoms with Crippen LogP contribution in [0.2, 0.25) is 0 Å². The number of hydrogen-bond acceptors (Lipinski definition) is 6. The van der Waals surface area contributed by atoms with Crippen LogP contribution in [0.3, 0.4) is 0 Å². The smallest absolute Gasteiger partial charge is 0.328 e. The Morgan fingerprint density at radius 1 is 1.30 bits per heavy atom. The molecule has 0 spiro atoms. The van der Waals surface area contributed by atoms with E-state index in [-0.39, 0.29) is 13.0 Å². The van der Waals surface area contributed by atoms with Crippen LogP contribution in [0.4, 0.5) is 0 Å². The van der Waals surface area contributed by atoms with Crippen LogP contribution in [0.15, 0.2) is 30.3 Å². The number of ether oxygens (including phenoxy) is 1. The molecule has 1 rings (SSSR count). The van der Waals surface area contributed by atoms with Crippen LogP contribution in [-0.2, 0) is 24.4 Å². The maximum atomic E-state index is 12.1. The standard InChI is InChI=1S/C14H20N2O6S/c1-2-22-14(18)11(8-9-23(19,20)21)16-13(17)12(15)10-6-4-3-5-7-10/h3-7,11-12H,2,8-9,15H2,1H3,(H,16,17)(H,19,20,21)/t11-,12?/m0/s1. The van der Waals surface area contributed by atoms with Gasteiger partial charge in [-0.2, -0.15) is 8.42 Å². The van der Waals surface area contributed by atoms with Crippen molar-refractivity contribution in [2.24, 2.45) is 5.73 Å². The molecule has 9 heteroatoms. The third kappa shape index (κ3) is 6.76. The quantitative estimate of drug-likeness (QED) is 0.446. The molecule has 0 radical (unpaired) electrons. The van der Waals surface area contributed by atoms with Crippen LogP contribution in [-0.4, -0.2) is 43.2 Å². The molecule has 1 aromatic rings. The number of esters is 1. The molecule has 23 heavy (non-hydrogen) atoms. The van der Waals surface area contributed by atoms with Crippen molar-refractivity contribution in [2.75, 3.05) is 12.4 Å². The van der Waals surface area contributed by atoms with Crippen molar-refractivity contribution in [1.29, 1.82) is 0 Å². The number of nitrogens with two attached hydrogens (primary N) is 1. The molecule has 0 aliphatic carbocycles. The molecule has 1 aromatic carbocycles. The zero-order valence-electron chi connectivity index (χ0n) is 12.6. The minimum Gasteiger partial charge on any atom is -0.464 e. The highest BCUT2D eigenvalue weighted by Crippen LogP contribution is 2.10. The van der Waals surface area contributed by atoms with Crippen LogP contribution in [0.1, 0.15) is 24.9 Å². The van der Waals surface area contributed by atoms with E-state index in [0.717, 1.165) is 0 Å². The molecule has 4 N–H and O–H groups in total. The summed E-state index contributed by atoms with van der Waals surface area (Å²) in [7, 11) is -4.27. The molecule has 128 valence electrons. The highest BCUT2D eigenvalue weighted by Gasteiger charge is 2.26. The van der Waals surface area contributed by atoms with Crippen LogP contribution in [0.5, 0.6) is 0 Å². The largest absolute Gasteiger partial charge is 0.464 e. The molecule has 0 aromatic heterocycles. The first-order valence-corrected chi connectivity index (χ1v) is 8.58. The Morgan fingerprint density at radius 3 is 2.43 bits per heavy atom. The summed E-state index contributed by atoms with van der Waals surface area (Å²) in [6, 6.07) is 6.27. The molecule has 0 bridgehead atoms. The molecule has 0 saturated heterocycles. The predicted molar refractivity (Wildman–Crippen MR) is 83.0 cm³/mol. The van der Waals surface area contributed by atoms with E-state index >= 15 is 0 Å². The van der Waals surface area contributed by atoms with Crippen molar-refractivity contribution in [2.45, 2.75) is 25.4 Å². The minimum atomic E-state index is -4.27. The van der Waals surface area contributed by atoms with Crippen LogP contribution < -0.4 is 11.1 Å². The van der Waals surface area contributed by atoms with Gasteiger partial charge in [0.15, 0.2) is 0 Å². The van der Waals surface area contributed by atoms with Gasteiger partial charge >= 0.3 is 5.97 Å². The van der Waals surface area contributed by atoms with E-state index in [1.807, 2.05) is 0 Å². The maximum absolute atomic E-state index is 12.1. The van der Waals surface area contributed by atoms with Crippen LogP contribution >= 0.6 is 0 Å². The third-order valence-electron chi connectivity index (χ3n) is 2.99. The molecule has 1 unspecified atom stereocenters. The lowest BCUT2D eigenvalue weighted by molar-refractivity contribution is -0.147. The number of benzene rings is 1. The number of carbonyl (C=O) groups is 2. The Kier molecular flexibility index (Phi) is 7.14. The summed E-state index contributed by atoms with van der Waals surface area (Å²) in [5.41, 5.74) is 6.35. The molecule has 0 aliphatic heterocycles. The monoisotopic (exact) mass is 344 g/mol. The number of hydrogen-bond donors (Lipinski definition) is 3. The first-order chi connectivity index (χ1) is 10.7. The fourth-order valence-corrected chi connectivity index (χ4v) is 2.37. The van der Waals surface area contributed by atoms with Gasteiger partial charge in [0.1, 0.15) is 12.1 Å². The molecule has 0 fully saturated rings. The lowest BCUT2D eigenvalue weighted by atomic mass is 10.1. The summed E-state index contributed by atoms with van der Waals surface area (Å²) in [4.78, 5) is 23.9. The molecular formula is C14H20N2O6S. The van der Waals surface area contributed by atoms with E-state index in [9.17, 15) is 18.0 Å². The topological polar surface area (TPSA) is 136 Å². The van der Waals surface area contributed by atoms with Gasteiger partial charge < -0.3 is 15.8 Å². The van der Waals surface area contributed by atoms with Crippen LogP contribution in [0, 0.1) is 0 Å². The Bertz CT molecular complexity index is 632. The predicted octanol–water partition coefficient (Wildman–Crippen LogP) is 0.0122. The number of rotatable bonds is 8. The van der Waals surface area contributed by atoms with Gasteiger partial charge in [-0.25, -0.2) is 4.79 Å². The SMILES string of the molecule is CCOC(=O)[C@H](CCS(=O)(=O)O)NC(=O)C(N)c1ccccc1. The van der Waals surface area contributed by atoms with Gasteiger partial charge in [-0.15, -0.1) is 0 Å². The zero-order valence-corrected chi connectivity index (χ0v) is 13.5. The Balaban J connectivity index is 2.78. The summed E-state index contributed by atoms with van der Waals surface area (Å²) in [6.45, 7) is 1.65. The average molecular weight is 344 g/mol. The first kappa shape index (κ1) is 19.1. The zero-order chi connectivity index (χ0) is 17.5. The van der Waals surface area contributed by atoms with E-state index in [2.05, 4.69) is 5.32 Å². The first-order valence-electron chi connectivity index (χ1n) is 6.97. The number of amides is 1. The van der Waals surface area contributed by atoms with E-state index in [4.69, 9.17) is 15.0 Å². The second-order valence-corrected chi connectivity index (χ2v) is 6.35. The van der Waals surface area contributed by atoms with Crippen molar-refractivity contribution in [1.82, 2.24) is 5.32 Å². The summed E-state index contributed by atoms with van der Waals surface area (Å²) in [5, 5.41) is 2.36. The molecular weight excluding hydrogens is 324 g/mol. The second-order valence-electron chi connectivity index (χ2n) is 4.78. The Labute approximate surface area is 134 Å². The van der Waals surface area contributed by atoms with Crippen molar-refractivity contribution in [3.05, 3.63) is 35.9 Å². The molecule has 8 nitrogen and oxygen atoms in total. The Morgan fingerprint density at radius 2 is 1.91 bits per heavy atom. The second kappa shape index (κ2) is 8.61. The average Bonchev–Trinajstić information content (AvgIpc) is 2.50. The lowest BCUT2D eigenvalue weighted by Crippen LogP contribution is -2.46. The summed E-state index contributed by atoms with van der Waals surface area (Å²) in [6.07, 6.45) is -0.315. The van der Waals surface area contributed by atoms with E-state index in [1.165, 1.54) is 0 Å². The van der Waals surface area contributed by atoms with Crippen LogP contribution in [0.25, 0.3) is 0 Å². The van der Waals surface area contributed by atoms with Crippen molar-refractivity contribution in [3.63, 3.8) is 0 Å². The third-order valence-corrected chi connectivity index (χ3v) is 3.74. The summed E-state index contributed by atoms with van der Waals surface area (Å²) < 4.78 is 35.2. The van der Waals surface area contributed by atoms with Gasteiger partial charge in [-0.1, -0.05) is 30.3 Å². The molecule has 0 heterocycles. The van der Waals surface area contributed by atoms with Gasteiger partial charge in [-0.05, 0) is 18.9 Å². The van der Waals surface area contributed by atoms with Gasteiger partial charge in [-0.3, -0.25) is 9.35 Å². The van der Waals surface area contributed by atoms with Gasteiger partial charge in [0.25, 0.3) is 10.1 Å². The fourth-order valence-electron chi connectivity index (χ4n) is 1.83. The van der Waals surface area contributed by atoms with E-state index in [1.54, 1.807) is 37.3 Å².